The Hall–Kier alpha value is -2.93. The van der Waals surface area contributed by atoms with Gasteiger partial charge in [-0.05, 0) is 6.07 Å². The summed E-state index contributed by atoms with van der Waals surface area (Å²) in [6.07, 6.45) is 0.392. The van der Waals surface area contributed by atoms with E-state index in [1.165, 1.54) is 11.0 Å². The lowest BCUT2D eigenvalue weighted by Crippen LogP contribution is -2.33. The lowest BCUT2D eigenvalue weighted by atomic mass is 10.1. The number of ether oxygens (including phenoxy) is 2. The largest absolute Gasteiger partial charge is 0.454 e. The second-order valence-corrected chi connectivity index (χ2v) is 4.40. The lowest BCUT2D eigenvalue weighted by Gasteiger charge is -2.21. The van der Waals surface area contributed by atoms with Crippen molar-refractivity contribution in [3.05, 3.63) is 17.7 Å². The van der Waals surface area contributed by atoms with E-state index in [-0.39, 0.29) is 49.9 Å². The molecule has 108 valence electrons. The molecule has 1 aromatic rings. The molecule has 0 saturated carbocycles. The van der Waals surface area contributed by atoms with E-state index in [0.717, 1.165) is 0 Å². The van der Waals surface area contributed by atoms with Gasteiger partial charge in [-0.2, -0.15) is 10.5 Å². The summed E-state index contributed by atoms with van der Waals surface area (Å²) in [4.78, 5) is 14.0. The lowest BCUT2D eigenvalue weighted by molar-refractivity contribution is 0.0763. The fourth-order valence-corrected chi connectivity index (χ4v) is 2.00. The van der Waals surface area contributed by atoms with Gasteiger partial charge in [-0.15, -0.1) is 0 Å². The third-order valence-corrected chi connectivity index (χ3v) is 3.05. The van der Waals surface area contributed by atoms with Crippen LogP contribution in [0.1, 0.15) is 23.2 Å². The van der Waals surface area contributed by atoms with Crippen molar-refractivity contribution < 1.29 is 14.3 Å². The van der Waals surface area contributed by atoms with E-state index in [2.05, 4.69) is 0 Å². The Kier molecular flexibility index (Phi) is 4.47. The Labute approximate surface area is 122 Å². The van der Waals surface area contributed by atoms with Crippen molar-refractivity contribution in [2.24, 2.45) is 0 Å². The number of rotatable bonds is 5. The van der Waals surface area contributed by atoms with Gasteiger partial charge in [-0.3, -0.25) is 4.79 Å². The quantitative estimate of drug-likeness (QED) is 0.815. The summed E-state index contributed by atoms with van der Waals surface area (Å²) in [6.45, 7) is 0.606. The molecule has 1 heterocycles. The van der Waals surface area contributed by atoms with Crippen LogP contribution >= 0.6 is 0 Å². The van der Waals surface area contributed by atoms with Gasteiger partial charge < -0.3 is 20.1 Å². The summed E-state index contributed by atoms with van der Waals surface area (Å²) in [7, 11) is 0. The van der Waals surface area contributed by atoms with E-state index in [4.69, 9.17) is 25.7 Å². The SMILES string of the molecule is N#CCCN(CCC#N)C(=O)c1cc2c(cc1N)OCO2. The smallest absolute Gasteiger partial charge is 0.256 e. The Balaban J connectivity index is 2.24. The zero-order chi connectivity index (χ0) is 15.2. The molecule has 2 rings (SSSR count). The van der Waals surface area contributed by atoms with Crippen molar-refractivity contribution in [2.45, 2.75) is 12.8 Å². The Morgan fingerprint density at radius 3 is 2.33 bits per heavy atom. The van der Waals surface area contributed by atoms with Crippen LogP contribution in [0.15, 0.2) is 12.1 Å². The second-order valence-electron chi connectivity index (χ2n) is 4.40. The highest BCUT2D eigenvalue weighted by atomic mass is 16.7. The van der Waals surface area contributed by atoms with Crippen LogP contribution in [0, 0.1) is 22.7 Å². The Morgan fingerprint density at radius 1 is 1.19 bits per heavy atom. The van der Waals surface area contributed by atoms with E-state index < -0.39 is 0 Å². The van der Waals surface area contributed by atoms with Crippen LogP contribution in [-0.2, 0) is 0 Å². The molecule has 0 saturated heterocycles. The minimum absolute atomic E-state index is 0.0962. The van der Waals surface area contributed by atoms with E-state index >= 15 is 0 Å². The summed E-state index contributed by atoms with van der Waals surface area (Å²) in [5, 5.41) is 17.3. The third-order valence-electron chi connectivity index (χ3n) is 3.05. The van der Waals surface area contributed by atoms with Crippen molar-refractivity contribution in [1.29, 1.82) is 10.5 Å². The number of amides is 1. The van der Waals surface area contributed by atoms with Crippen molar-refractivity contribution >= 4 is 11.6 Å². The zero-order valence-corrected chi connectivity index (χ0v) is 11.3. The van der Waals surface area contributed by atoms with Crippen LogP contribution in [0.5, 0.6) is 11.5 Å². The summed E-state index contributed by atoms with van der Waals surface area (Å²) >= 11 is 0. The topological polar surface area (TPSA) is 112 Å². The number of carbonyl (C=O) groups excluding carboxylic acids is 1. The second kappa shape index (κ2) is 6.49. The van der Waals surface area contributed by atoms with Crippen LogP contribution < -0.4 is 15.2 Å². The molecule has 0 atom stereocenters. The van der Waals surface area contributed by atoms with Gasteiger partial charge in [-0.25, -0.2) is 0 Å². The number of nitrogens with two attached hydrogens (primary N) is 1. The number of benzene rings is 1. The molecular formula is C14H14N4O3. The number of hydrogen-bond donors (Lipinski definition) is 1. The molecule has 1 aliphatic heterocycles. The van der Waals surface area contributed by atoms with E-state index in [0.29, 0.717) is 11.5 Å². The van der Waals surface area contributed by atoms with Crippen molar-refractivity contribution in [3.63, 3.8) is 0 Å². The van der Waals surface area contributed by atoms with Crippen LogP contribution in [0.4, 0.5) is 5.69 Å². The first-order chi connectivity index (χ1) is 10.2. The predicted molar refractivity (Wildman–Crippen MR) is 73.3 cm³/mol. The number of anilines is 1. The number of carbonyl (C=O) groups is 1. The molecule has 0 aliphatic carbocycles. The maximum atomic E-state index is 12.5. The van der Waals surface area contributed by atoms with Gasteiger partial charge in [0.05, 0.1) is 30.5 Å². The molecule has 21 heavy (non-hydrogen) atoms. The van der Waals surface area contributed by atoms with Crippen molar-refractivity contribution in [1.82, 2.24) is 4.90 Å². The van der Waals surface area contributed by atoms with Gasteiger partial charge in [0.15, 0.2) is 11.5 Å². The molecule has 0 fully saturated rings. The summed E-state index contributed by atoms with van der Waals surface area (Å²) < 4.78 is 10.4. The monoisotopic (exact) mass is 286 g/mol. The zero-order valence-electron chi connectivity index (χ0n) is 11.3. The molecule has 0 bridgehead atoms. The molecule has 0 unspecified atom stereocenters. The minimum atomic E-state index is -0.323. The normalized spacial score (nSPS) is 11.5. The van der Waals surface area contributed by atoms with Gasteiger partial charge in [0.25, 0.3) is 5.91 Å². The summed E-state index contributed by atoms with van der Waals surface area (Å²) in [6, 6.07) is 7.05. The van der Waals surface area contributed by atoms with Crippen LogP contribution in [0.3, 0.4) is 0 Å². The first-order valence-corrected chi connectivity index (χ1v) is 6.39. The molecule has 1 aromatic carbocycles. The summed E-state index contributed by atoms with van der Waals surface area (Å²) in [5.41, 5.74) is 6.44. The van der Waals surface area contributed by atoms with Crippen LogP contribution in [-0.4, -0.2) is 30.7 Å². The molecule has 1 amide bonds. The molecule has 0 spiro atoms. The van der Waals surface area contributed by atoms with E-state index in [1.807, 2.05) is 12.1 Å². The molecule has 0 aromatic heterocycles. The van der Waals surface area contributed by atoms with Crippen LogP contribution in [0.2, 0.25) is 0 Å². The average Bonchev–Trinajstić information content (AvgIpc) is 2.93. The van der Waals surface area contributed by atoms with Gasteiger partial charge in [0.1, 0.15) is 0 Å². The molecule has 0 radical (unpaired) electrons. The minimum Gasteiger partial charge on any atom is -0.454 e. The van der Waals surface area contributed by atoms with Gasteiger partial charge in [0.2, 0.25) is 6.79 Å². The molecule has 7 heteroatoms. The highest BCUT2D eigenvalue weighted by Crippen LogP contribution is 2.36. The van der Waals surface area contributed by atoms with Gasteiger partial charge in [-0.1, -0.05) is 0 Å². The number of nitriles is 2. The highest BCUT2D eigenvalue weighted by molar-refractivity contribution is 6.00. The van der Waals surface area contributed by atoms with Gasteiger partial charge >= 0.3 is 0 Å². The molecule has 2 N–H and O–H groups in total. The Bertz CT molecular complexity index is 612. The van der Waals surface area contributed by atoms with E-state index in [9.17, 15) is 4.79 Å². The Morgan fingerprint density at radius 2 is 1.76 bits per heavy atom. The van der Waals surface area contributed by atoms with Crippen molar-refractivity contribution in [3.8, 4) is 23.6 Å². The molecule has 1 aliphatic rings. The average molecular weight is 286 g/mol. The highest BCUT2D eigenvalue weighted by Gasteiger charge is 2.23. The number of nitrogens with zero attached hydrogens (tertiary/aromatic N) is 3. The third kappa shape index (κ3) is 3.15. The maximum Gasteiger partial charge on any atom is 0.256 e. The molecular weight excluding hydrogens is 272 g/mol. The van der Waals surface area contributed by atoms with Crippen LogP contribution in [0.25, 0.3) is 0 Å². The van der Waals surface area contributed by atoms with E-state index in [1.54, 1.807) is 6.07 Å². The molecule has 7 nitrogen and oxygen atoms in total. The standard InChI is InChI=1S/C14H14N4O3/c15-3-1-5-18(6-2-4-16)14(19)10-7-12-13(8-11(10)17)21-9-20-12/h7-8H,1-2,5-6,9,17H2. The first-order valence-electron chi connectivity index (χ1n) is 6.39. The predicted octanol–water partition coefficient (Wildman–Crippen LogP) is 1.27. The van der Waals surface area contributed by atoms with Crippen molar-refractivity contribution in [2.75, 3.05) is 25.6 Å². The fourth-order valence-electron chi connectivity index (χ4n) is 2.00. The maximum absolute atomic E-state index is 12.5. The van der Waals surface area contributed by atoms with Gasteiger partial charge in [0, 0.05) is 24.8 Å². The fraction of sp³-hybridized carbons (Fsp3) is 0.357. The number of fused-ring (bicyclic) bond motifs is 1. The number of nitrogen functional groups attached to an aromatic ring is 1. The number of hydrogen-bond acceptors (Lipinski definition) is 6. The first kappa shape index (κ1) is 14.5. The summed E-state index contributed by atoms with van der Waals surface area (Å²) in [5.74, 6) is 0.647.